The SMILES string of the molecule is CCC(C)c1nn(-c2ccc(Cl)cc2)cc1C(=O)O. The second kappa shape index (κ2) is 5.45. The van der Waals surface area contributed by atoms with Crippen LogP contribution >= 0.6 is 11.6 Å². The maximum absolute atomic E-state index is 11.3. The van der Waals surface area contributed by atoms with E-state index >= 15 is 0 Å². The summed E-state index contributed by atoms with van der Waals surface area (Å²) < 4.78 is 1.58. The van der Waals surface area contributed by atoms with Crippen LogP contribution < -0.4 is 0 Å². The molecule has 0 saturated carbocycles. The number of hydrogen-bond acceptors (Lipinski definition) is 2. The summed E-state index contributed by atoms with van der Waals surface area (Å²) in [5.74, 6) is -0.838. The highest BCUT2D eigenvalue weighted by atomic mass is 35.5. The molecule has 5 heteroatoms. The Bertz CT molecular complexity index is 590. The molecule has 0 bridgehead atoms. The maximum atomic E-state index is 11.3. The van der Waals surface area contributed by atoms with Crippen LogP contribution in [0.15, 0.2) is 30.5 Å². The van der Waals surface area contributed by atoms with Crippen molar-refractivity contribution < 1.29 is 9.90 Å². The number of carboxylic acids is 1. The van der Waals surface area contributed by atoms with Crippen LogP contribution in [0, 0.1) is 0 Å². The number of rotatable bonds is 4. The molecule has 0 amide bonds. The molecule has 0 spiro atoms. The summed E-state index contributed by atoms with van der Waals surface area (Å²) in [6, 6.07) is 7.12. The first-order chi connectivity index (χ1) is 9.02. The van der Waals surface area contributed by atoms with Gasteiger partial charge in [-0.15, -0.1) is 0 Å². The van der Waals surface area contributed by atoms with Crippen LogP contribution in [-0.4, -0.2) is 20.9 Å². The van der Waals surface area contributed by atoms with Gasteiger partial charge in [-0.1, -0.05) is 25.4 Å². The Kier molecular flexibility index (Phi) is 3.90. The molecule has 1 aromatic heterocycles. The lowest BCUT2D eigenvalue weighted by Gasteiger charge is -2.05. The molecule has 100 valence electrons. The largest absolute Gasteiger partial charge is 0.478 e. The molecule has 0 fully saturated rings. The van der Waals surface area contributed by atoms with Crippen molar-refractivity contribution in [2.45, 2.75) is 26.2 Å². The van der Waals surface area contributed by atoms with E-state index in [1.54, 1.807) is 35.1 Å². The molecule has 0 radical (unpaired) electrons. The van der Waals surface area contributed by atoms with Crippen molar-refractivity contribution in [3.8, 4) is 5.69 Å². The Morgan fingerprint density at radius 2 is 2.05 bits per heavy atom. The third kappa shape index (κ3) is 2.79. The van der Waals surface area contributed by atoms with E-state index < -0.39 is 5.97 Å². The first-order valence-electron chi connectivity index (χ1n) is 6.11. The Labute approximate surface area is 116 Å². The minimum atomic E-state index is -0.949. The predicted octanol–water partition coefficient (Wildman–Crippen LogP) is 3.74. The summed E-state index contributed by atoms with van der Waals surface area (Å²) in [6.45, 7) is 3.98. The zero-order valence-corrected chi connectivity index (χ0v) is 11.6. The van der Waals surface area contributed by atoms with Crippen LogP contribution in [0.2, 0.25) is 5.02 Å². The third-order valence-corrected chi connectivity index (χ3v) is 3.40. The van der Waals surface area contributed by atoms with Gasteiger partial charge in [0.15, 0.2) is 0 Å². The Morgan fingerprint density at radius 1 is 1.42 bits per heavy atom. The number of nitrogens with zero attached hydrogens (tertiary/aromatic N) is 2. The molecule has 0 aliphatic heterocycles. The van der Waals surface area contributed by atoms with Crippen molar-refractivity contribution >= 4 is 17.6 Å². The lowest BCUT2D eigenvalue weighted by molar-refractivity contribution is 0.0695. The highest BCUT2D eigenvalue weighted by Crippen LogP contribution is 2.23. The van der Waals surface area contributed by atoms with E-state index in [-0.39, 0.29) is 11.5 Å². The highest BCUT2D eigenvalue weighted by Gasteiger charge is 2.19. The molecular weight excluding hydrogens is 264 g/mol. The number of halogens is 1. The summed E-state index contributed by atoms with van der Waals surface area (Å²) in [5, 5.41) is 14.3. The molecule has 0 aliphatic carbocycles. The lowest BCUT2D eigenvalue weighted by atomic mass is 10.0. The number of carboxylic acid groups (broad SMARTS) is 1. The van der Waals surface area contributed by atoms with Crippen molar-refractivity contribution in [2.75, 3.05) is 0 Å². The van der Waals surface area contributed by atoms with Gasteiger partial charge in [0, 0.05) is 17.1 Å². The first-order valence-corrected chi connectivity index (χ1v) is 6.49. The molecule has 1 atom stereocenters. The van der Waals surface area contributed by atoms with Crippen LogP contribution in [0.5, 0.6) is 0 Å². The number of aromatic carboxylic acids is 1. The minimum Gasteiger partial charge on any atom is -0.478 e. The fourth-order valence-corrected chi connectivity index (χ4v) is 1.96. The van der Waals surface area contributed by atoms with Gasteiger partial charge in [-0.3, -0.25) is 0 Å². The van der Waals surface area contributed by atoms with E-state index in [4.69, 9.17) is 11.6 Å². The summed E-state index contributed by atoms with van der Waals surface area (Å²) in [4.78, 5) is 11.3. The summed E-state index contributed by atoms with van der Waals surface area (Å²) in [7, 11) is 0. The van der Waals surface area contributed by atoms with Crippen molar-refractivity contribution in [1.29, 1.82) is 0 Å². The molecule has 0 aliphatic rings. The van der Waals surface area contributed by atoms with Gasteiger partial charge >= 0.3 is 5.97 Å². The molecule has 1 unspecified atom stereocenters. The normalized spacial score (nSPS) is 12.4. The van der Waals surface area contributed by atoms with Crippen LogP contribution in [0.1, 0.15) is 42.2 Å². The quantitative estimate of drug-likeness (QED) is 0.927. The topological polar surface area (TPSA) is 55.1 Å². The molecule has 2 rings (SSSR count). The first kappa shape index (κ1) is 13.6. The van der Waals surface area contributed by atoms with Crippen LogP contribution in [0.4, 0.5) is 0 Å². The van der Waals surface area contributed by atoms with Gasteiger partial charge in [-0.05, 0) is 30.7 Å². The summed E-state index contributed by atoms with van der Waals surface area (Å²) in [5.41, 5.74) is 1.66. The van der Waals surface area contributed by atoms with Gasteiger partial charge in [-0.25, -0.2) is 9.48 Å². The smallest absolute Gasteiger partial charge is 0.339 e. The van der Waals surface area contributed by atoms with Crippen molar-refractivity contribution in [3.63, 3.8) is 0 Å². The molecule has 4 nitrogen and oxygen atoms in total. The zero-order valence-electron chi connectivity index (χ0n) is 10.8. The van der Waals surface area contributed by atoms with Gasteiger partial charge < -0.3 is 5.11 Å². The zero-order chi connectivity index (χ0) is 14.0. The highest BCUT2D eigenvalue weighted by molar-refractivity contribution is 6.30. The van der Waals surface area contributed by atoms with E-state index in [1.165, 1.54) is 0 Å². The molecule has 1 aromatic carbocycles. The monoisotopic (exact) mass is 278 g/mol. The molecule has 1 heterocycles. The van der Waals surface area contributed by atoms with Gasteiger partial charge in [-0.2, -0.15) is 5.10 Å². The maximum Gasteiger partial charge on any atom is 0.339 e. The number of carbonyl (C=O) groups is 1. The number of aromatic nitrogens is 2. The van der Waals surface area contributed by atoms with Gasteiger partial charge in [0.2, 0.25) is 0 Å². The van der Waals surface area contributed by atoms with E-state index in [0.29, 0.717) is 10.7 Å². The average Bonchev–Trinajstić information content (AvgIpc) is 2.84. The minimum absolute atomic E-state index is 0.111. The van der Waals surface area contributed by atoms with Gasteiger partial charge in [0.05, 0.1) is 11.4 Å². The number of benzene rings is 1. The molecule has 0 saturated heterocycles. The summed E-state index contributed by atoms with van der Waals surface area (Å²) in [6.07, 6.45) is 2.39. The van der Waals surface area contributed by atoms with Gasteiger partial charge in [0.1, 0.15) is 5.56 Å². The fraction of sp³-hybridized carbons (Fsp3) is 0.286. The van der Waals surface area contributed by atoms with Crippen molar-refractivity contribution in [2.24, 2.45) is 0 Å². The van der Waals surface area contributed by atoms with E-state index in [0.717, 1.165) is 12.1 Å². The van der Waals surface area contributed by atoms with E-state index in [9.17, 15) is 9.90 Å². The average molecular weight is 279 g/mol. The number of hydrogen-bond donors (Lipinski definition) is 1. The van der Waals surface area contributed by atoms with Crippen LogP contribution in [-0.2, 0) is 0 Å². The molecule has 2 aromatic rings. The van der Waals surface area contributed by atoms with E-state index in [2.05, 4.69) is 5.10 Å². The van der Waals surface area contributed by atoms with Crippen LogP contribution in [0.25, 0.3) is 5.69 Å². The Hall–Kier alpha value is -1.81. The lowest BCUT2D eigenvalue weighted by Crippen LogP contribution is -2.03. The third-order valence-electron chi connectivity index (χ3n) is 3.14. The summed E-state index contributed by atoms with van der Waals surface area (Å²) >= 11 is 5.84. The molecule has 1 N–H and O–H groups in total. The van der Waals surface area contributed by atoms with Crippen molar-refractivity contribution in [3.05, 3.63) is 46.7 Å². The Balaban J connectivity index is 2.48. The van der Waals surface area contributed by atoms with Crippen molar-refractivity contribution in [1.82, 2.24) is 9.78 Å². The fourth-order valence-electron chi connectivity index (χ4n) is 1.84. The van der Waals surface area contributed by atoms with E-state index in [1.807, 2.05) is 13.8 Å². The second-order valence-corrected chi connectivity index (χ2v) is 4.90. The molecule has 19 heavy (non-hydrogen) atoms. The Morgan fingerprint density at radius 3 is 2.58 bits per heavy atom. The predicted molar refractivity (Wildman–Crippen MR) is 74.2 cm³/mol. The standard InChI is InChI=1S/C14H15ClN2O2/c1-3-9(2)13-12(14(18)19)8-17(16-13)11-6-4-10(15)5-7-11/h4-9H,3H2,1-2H3,(H,18,19). The second-order valence-electron chi connectivity index (χ2n) is 4.46. The van der Waals surface area contributed by atoms with Gasteiger partial charge in [0.25, 0.3) is 0 Å². The van der Waals surface area contributed by atoms with Crippen LogP contribution in [0.3, 0.4) is 0 Å². The molecular formula is C14H15ClN2O2.